The van der Waals surface area contributed by atoms with E-state index in [0.717, 1.165) is 11.1 Å². The molecule has 0 unspecified atom stereocenters. The zero-order valence-corrected chi connectivity index (χ0v) is 20.8. The Labute approximate surface area is 209 Å². The predicted octanol–water partition coefficient (Wildman–Crippen LogP) is 1.56. The monoisotopic (exact) mass is 521 g/mol. The molecule has 1 aliphatic rings. The number of hydrogen-bond donors (Lipinski definition) is 4. The first kappa shape index (κ1) is 28.1. The van der Waals surface area contributed by atoms with E-state index < -0.39 is 62.5 Å². The molecule has 2 aromatic rings. The van der Waals surface area contributed by atoms with Crippen LogP contribution in [0.5, 0.6) is 0 Å². The largest absolute Gasteiger partial charge is 0.394 e. The number of carbonyl (C=O) groups is 2. The molecule has 0 aliphatic carbocycles. The molecule has 11 heteroatoms. The van der Waals surface area contributed by atoms with Crippen LogP contribution in [0.1, 0.15) is 24.5 Å². The summed E-state index contributed by atoms with van der Waals surface area (Å²) in [6.45, 7) is 0.548. The predicted molar refractivity (Wildman–Crippen MR) is 130 cm³/mol. The molecule has 1 fully saturated rings. The van der Waals surface area contributed by atoms with E-state index in [1.54, 1.807) is 48.5 Å². The Kier molecular flexibility index (Phi) is 10.3. The van der Waals surface area contributed by atoms with E-state index in [1.807, 2.05) is 12.1 Å². The minimum atomic E-state index is -3.92. The standard InChI is InChI=1S/C25H32NO9P/c1-17(28)26-23-21(35-22(13-27)24(30)25(23)31)12-20(29)16-36(32,33-14-18-8-4-2-5-9-18)34-15-19-10-6-3-7-11-19/h2-11,21-25,27,30-31H,12-16H2,1H3,(H,26,28)/t21-,22-,23+,24-,25-/m1/s1. The van der Waals surface area contributed by atoms with E-state index in [0.29, 0.717) is 0 Å². The average Bonchev–Trinajstić information content (AvgIpc) is 2.87. The fourth-order valence-corrected chi connectivity index (χ4v) is 5.42. The van der Waals surface area contributed by atoms with Crippen molar-refractivity contribution in [3.8, 4) is 0 Å². The molecule has 0 spiro atoms. The number of aliphatic hydroxyl groups is 3. The number of Topliss-reactive ketones (excluding diaryl/α,β-unsaturated/α-hetero) is 1. The third-order valence-corrected chi connectivity index (χ3v) is 7.52. The van der Waals surface area contributed by atoms with Crippen LogP contribution in [0.2, 0.25) is 0 Å². The van der Waals surface area contributed by atoms with Crippen molar-refractivity contribution in [3.63, 3.8) is 0 Å². The second-order valence-electron chi connectivity index (χ2n) is 8.63. The summed E-state index contributed by atoms with van der Waals surface area (Å²) in [5, 5.41) is 32.6. The molecule has 5 atom stereocenters. The van der Waals surface area contributed by atoms with Crippen molar-refractivity contribution in [2.45, 2.75) is 57.0 Å². The van der Waals surface area contributed by atoms with Crippen molar-refractivity contribution in [1.82, 2.24) is 5.32 Å². The van der Waals surface area contributed by atoms with E-state index in [2.05, 4.69) is 5.32 Å². The lowest BCUT2D eigenvalue weighted by Gasteiger charge is -2.42. The summed E-state index contributed by atoms with van der Waals surface area (Å²) in [7, 11) is -3.92. The Bertz CT molecular complexity index is 989. The van der Waals surface area contributed by atoms with Gasteiger partial charge in [0.05, 0.1) is 32.0 Å². The highest BCUT2D eigenvalue weighted by molar-refractivity contribution is 7.54. The van der Waals surface area contributed by atoms with Crippen molar-refractivity contribution in [3.05, 3.63) is 71.8 Å². The Morgan fingerprint density at radius 2 is 1.44 bits per heavy atom. The van der Waals surface area contributed by atoms with Gasteiger partial charge in [0, 0.05) is 13.3 Å². The lowest BCUT2D eigenvalue weighted by molar-refractivity contribution is -0.196. The van der Waals surface area contributed by atoms with Crippen LogP contribution >= 0.6 is 7.60 Å². The molecule has 0 bridgehead atoms. The topological polar surface area (TPSA) is 152 Å². The molecule has 2 aromatic carbocycles. The van der Waals surface area contributed by atoms with Crippen LogP contribution in [0.3, 0.4) is 0 Å². The number of rotatable bonds is 12. The number of benzene rings is 2. The fraction of sp³-hybridized carbons (Fsp3) is 0.440. The highest BCUT2D eigenvalue weighted by Gasteiger charge is 2.45. The highest BCUT2D eigenvalue weighted by atomic mass is 31.2. The Morgan fingerprint density at radius 1 is 0.917 bits per heavy atom. The van der Waals surface area contributed by atoms with Gasteiger partial charge < -0.3 is 34.4 Å². The molecule has 10 nitrogen and oxygen atoms in total. The SMILES string of the molecule is CC(=O)N[C@@H]1[C@@H](O)[C@H](O)[C@@H](CO)O[C@@H]1CC(=O)CP(=O)(OCc1ccccc1)OCc1ccccc1. The molecule has 3 rings (SSSR count). The third kappa shape index (κ3) is 8.04. The van der Waals surface area contributed by atoms with Gasteiger partial charge >= 0.3 is 7.60 Å². The van der Waals surface area contributed by atoms with Crippen LogP contribution in [0.15, 0.2) is 60.7 Å². The first-order chi connectivity index (χ1) is 17.2. The van der Waals surface area contributed by atoms with Crippen LogP contribution in [0.25, 0.3) is 0 Å². The first-order valence-corrected chi connectivity index (χ1v) is 13.3. The summed E-state index contributed by atoms with van der Waals surface area (Å²) in [6.07, 6.45) is -6.10. The molecule has 1 aliphatic heterocycles. The van der Waals surface area contributed by atoms with Gasteiger partial charge in [-0.2, -0.15) is 0 Å². The van der Waals surface area contributed by atoms with Gasteiger partial charge in [0.2, 0.25) is 5.91 Å². The van der Waals surface area contributed by atoms with Gasteiger partial charge in [-0.15, -0.1) is 0 Å². The highest BCUT2D eigenvalue weighted by Crippen LogP contribution is 2.50. The maximum Gasteiger partial charge on any atom is 0.338 e. The smallest absolute Gasteiger partial charge is 0.338 e. The number of hydrogen-bond acceptors (Lipinski definition) is 9. The normalized spacial score (nSPS) is 24.3. The van der Waals surface area contributed by atoms with Crippen LogP contribution in [-0.4, -0.2) is 70.2 Å². The lowest BCUT2D eigenvalue weighted by atomic mass is 9.90. The number of amides is 1. The maximum atomic E-state index is 13.6. The van der Waals surface area contributed by atoms with Gasteiger partial charge in [-0.25, -0.2) is 0 Å². The van der Waals surface area contributed by atoms with Gasteiger partial charge in [0.25, 0.3) is 0 Å². The van der Waals surface area contributed by atoms with E-state index >= 15 is 0 Å². The minimum Gasteiger partial charge on any atom is -0.394 e. The van der Waals surface area contributed by atoms with E-state index in [4.69, 9.17) is 13.8 Å². The van der Waals surface area contributed by atoms with Gasteiger partial charge in [0.1, 0.15) is 30.3 Å². The first-order valence-electron chi connectivity index (χ1n) is 11.6. The minimum absolute atomic E-state index is 0.0356. The number of ketones is 1. The molecule has 4 N–H and O–H groups in total. The van der Waals surface area contributed by atoms with Crippen LogP contribution < -0.4 is 5.32 Å². The van der Waals surface area contributed by atoms with E-state index in [-0.39, 0.29) is 19.6 Å². The molecule has 0 aromatic heterocycles. The number of ether oxygens (including phenoxy) is 1. The summed E-state index contributed by atoms with van der Waals surface area (Å²) in [6, 6.07) is 16.9. The Morgan fingerprint density at radius 3 is 1.92 bits per heavy atom. The maximum absolute atomic E-state index is 13.6. The number of carbonyl (C=O) groups excluding carboxylic acids is 2. The average molecular weight is 522 g/mol. The van der Waals surface area contributed by atoms with Crippen LogP contribution in [0.4, 0.5) is 0 Å². The summed E-state index contributed by atoms with van der Waals surface area (Å²) in [4.78, 5) is 24.7. The van der Waals surface area contributed by atoms with Gasteiger partial charge in [-0.3, -0.25) is 14.2 Å². The van der Waals surface area contributed by atoms with Crippen molar-refractivity contribution in [2.24, 2.45) is 0 Å². The molecule has 1 heterocycles. The second kappa shape index (κ2) is 13.2. The van der Waals surface area contributed by atoms with Crippen molar-refractivity contribution in [1.29, 1.82) is 0 Å². The van der Waals surface area contributed by atoms with Crippen molar-refractivity contribution in [2.75, 3.05) is 12.8 Å². The summed E-state index contributed by atoms with van der Waals surface area (Å²) in [5.41, 5.74) is 1.50. The summed E-state index contributed by atoms with van der Waals surface area (Å²) in [5.74, 6) is -1.06. The van der Waals surface area contributed by atoms with Crippen molar-refractivity contribution >= 4 is 19.3 Å². The van der Waals surface area contributed by atoms with Crippen molar-refractivity contribution < 1.29 is 43.3 Å². The summed E-state index contributed by atoms with van der Waals surface area (Å²) < 4.78 is 30.5. The lowest BCUT2D eigenvalue weighted by Crippen LogP contribution is -2.64. The Balaban J connectivity index is 1.72. The van der Waals surface area contributed by atoms with Crippen LogP contribution in [0, 0.1) is 0 Å². The number of nitrogens with one attached hydrogen (secondary N) is 1. The molecule has 0 radical (unpaired) electrons. The van der Waals surface area contributed by atoms with Gasteiger partial charge in [0.15, 0.2) is 0 Å². The molecule has 196 valence electrons. The molecular weight excluding hydrogens is 489 g/mol. The quantitative estimate of drug-likeness (QED) is 0.305. The van der Waals surface area contributed by atoms with Gasteiger partial charge in [-0.05, 0) is 11.1 Å². The molecule has 36 heavy (non-hydrogen) atoms. The van der Waals surface area contributed by atoms with E-state index in [9.17, 15) is 29.5 Å². The van der Waals surface area contributed by atoms with Crippen LogP contribution in [-0.2, 0) is 41.2 Å². The second-order valence-corrected chi connectivity index (χ2v) is 10.7. The summed E-state index contributed by atoms with van der Waals surface area (Å²) >= 11 is 0. The zero-order chi connectivity index (χ0) is 26.1. The zero-order valence-electron chi connectivity index (χ0n) is 19.9. The molecule has 0 saturated carbocycles. The van der Waals surface area contributed by atoms with Gasteiger partial charge in [-0.1, -0.05) is 60.7 Å². The third-order valence-electron chi connectivity index (χ3n) is 5.74. The molecule has 1 saturated heterocycles. The Hall–Kier alpha value is -2.43. The fourth-order valence-electron chi connectivity index (χ4n) is 3.91. The molecule has 1 amide bonds. The molecular formula is C25H32NO9P. The number of aliphatic hydroxyl groups excluding tert-OH is 3. The van der Waals surface area contributed by atoms with E-state index in [1.165, 1.54) is 6.92 Å².